The number of carboxylic acid groups (broad SMARTS) is 1. The number of methoxy groups -OCH3 is 1. The summed E-state index contributed by atoms with van der Waals surface area (Å²) in [4.78, 5) is 10.9. The van der Waals surface area contributed by atoms with Gasteiger partial charge in [0.05, 0.1) is 5.69 Å². The minimum absolute atomic E-state index is 0.0688. The number of nitrogens with zero attached hydrogens (tertiary/aromatic N) is 3. The normalized spacial score (nSPS) is 10.6. The van der Waals surface area contributed by atoms with Gasteiger partial charge >= 0.3 is 5.97 Å². The van der Waals surface area contributed by atoms with Crippen LogP contribution in [0.15, 0.2) is 0 Å². The topological polar surface area (TPSA) is 77.2 Å². The molecule has 1 aromatic heterocycles. The lowest BCUT2D eigenvalue weighted by molar-refractivity contribution is 0.0689. The van der Waals surface area contributed by atoms with Gasteiger partial charge in [-0.1, -0.05) is 18.6 Å². The van der Waals surface area contributed by atoms with Gasteiger partial charge in [0.2, 0.25) is 0 Å². The van der Waals surface area contributed by atoms with E-state index in [1.54, 1.807) is 11.8 Å². The molecule has 0 aromatic carbocycles. The van der Waals surface area contributed by atoms with E-state index in [9.17, 15) is 4.79 Å². The fourth-order valence-corrected chi connectivity index (χ4v) is 1.52. The van der Waals surface area contributed by atoms with E-state index in [2.05, 4.69) is 10.3 Å². The number of aryl methyl sites for hydroxylation is 1. The Morgan fingerprint density at radius 2 is 2.31 bits per heavy atom. The molecule has 6 nitrogen and oxygen atoms in total. The third-order valence-corrected chi connectivity index (χ3v) is 2.25. The summed E-state index contributed by atoms with van der Waals surface area (Å²) in [5.41, 5.74) is 0.769. The fourth-order valence-electron chi connectivity index (χ4n) is 1.52. The van der Waals surface area contributed by atoms with E-state index >= 15 is 0 Å². The third-order valence-electron chi connectivity index (χ3n) is 2.25. The molecule has 6 heteroatoms. The van der Waals surface area contributed by atoms with Crippen molar-refractivity contribution in [3.8, 4) is 0 Å². The molecule has 1 rings (SSSR count). The van der Waals surface area contributed by atoms with Gasteiger partial charge in [0.1, 0.15) is 0 Å². The molecule has 1 heterocycles. The Bertz CT molecular complexity index is 349. The lowest BCUT2D eigenvalue weighted by atomic mass is 10.2. The van der Waals surface area contributed by atoms with Gasteiger partial charge in [0, 0.05) is 20.3 Å². The smallest absolute Gasteiger partial charge is 0.358 e. The molecule has 0 aliphatic carbocycles. The Labute approximate surface area is 94.2 Å². The van der Waals surface area contributed by atoms with Gasteiger partial charge in [-0.2, -0.15) is 0 Å². The molecule has 90 valence electrons. The quantitative estimate of drug-likeness (QED) is 0.702. The molecule has 0 aliphatic heterocycles. The molecular weight excluding hydrogens is 210 g/mol. The van der Waals surface area contributed by atoms with Gasteiger partial charge in [-0.3, -0.25) is 0 Å². The van der Waals surface area contributed by atoms with Crippen LogP contribution >= 0.6 is 0 Å². The van der Waals surface area contributed by atoms with Crippen molar-refractivity contribution in [3.05, 3.63) is 11.4 Å². The zero-order valence-electron chi connectivity index (χ0n) is 9.64. The van der Waals surface area contributed by atoms with Crippen molar-refractivity contribution in [2.45, 2.75) is 32.7 Å². The number of rotatable bonds is 7. The van der Waals surface area contributed by atoms with E-state index in [4.69, 9.17) is 9.84 Å². The highest BCUT2D eigenvalue weighted by molar-refractivity contribution is 5.86. The van der Waals surface area contributed by atoms with Crippen LogP contribution in [0, 0.1) is 0 Å². The summed E-state index contributed by atoms with van der Waals surface area (Å²) in [6.07, 6.45) is 2.36. The molecule has 0 fully saturated rings. The summed E-state index contributed by atoms with van der Waals surface area (Å²) >= 11 is 0. The standard InChI is InChI=1S/C10H17N3O3/c1-3-5-8-9(10(14)15)11-12-13(8)6-4-7-16-2/h3-7H2,1-2H3,(H,14,15). The number of carboxylic acids is 1. The largest absolute Gasteiger partial charge is 0.476 e. The predicted octanol–water partition coefficient (Wildman–Crippen LogP) is 0.965. The summed E-state index contributed by atoms with van der Waals surface area (Å²) in [5, 5.41) is 16.5. The number of ether oxygens (including phenoxy) is 1. The van der Waals surface area contributed by atoms with Crippen LogP contribution in [-0.4, -0.2) is 39.8 Å². The minimum atomic E-state index is -1.01. The van der Waals surface area contributed by atoms with Crippen molar-refractivity contribution in [1.29, 1.82) is 0 Å². The second-order valence-electron chi connectivity index (χ2n) is 3.51. The summed E-state index contributed by atoms with van der Waals surface area (Å²) in [6, 6.07) is 0. The van der Waals surface area contributed by atoms with Crippen LogP contribution in [0.1, 0.15) is 35.9 Å². The second-order valence-corrected chi connectivity index (χ2v) is 3.51. The minimum Gasteiger partial charge on any atom is -0.476 e. The lowest BCUT2D eigenvalue weighted by Gasteiger charge is -2.05. The SMILES string of the molecule is CCCc1c(C(=O)O)nnn1CCCOC. The Morgan fingerprint density at radius 3 is 2.88 bits per heavy atom. The molecule has 0 atom stereocenters. The molecule has 0 amide bonds. The van der Waals surface area contributed by atoms with Crippen molar-refractivity contribution in [2.24, 2.45) is 0 Å². The summed E-state index contributed by atoms with van der Waals surface area (Å²) in [7, 11) is 1.64. The highest BCUT2D eigenvalue weighted by Gasteiger charge is 2.17. The highest BCUT2D eigenvalue weighted by atomic mass is 16.5. The van der Waals surface area contributed by atoms with E-state index in [0.29, 0.717) is 25.3 Å². The molecule has 0 spiro atoms. The van der Waals surface area contributed by atoms with Gasteiger partial charge in [0.15, 0.2) is 5.69 Å². The van der Waals surface area contributed by atoms with Crippen LogP contribution in [0.4, 0.5) is 0 Å². The van der Waals surface area contributed by atoms with Gasteiger partial charge in [-0.25, -0.2) is 9.48 Å². The number of hydrogen-bond donors (Lipinski definition) is 1. The maximum absolute atomic E-state index is 10.9. The van der Waals surface area contributed by atoms with E-state index in [0.717, 1.165) is 12.8 Å². The van der Waals surface area contributed by atoms with E-state index in [1.807, 2.05) is 6.92 Å². The van der Waals surface area contributed by atoms with Crippen LogP contribution in [0.25, 0.3) is 0 Å². The predicted molar refractivity (Wildman–Crippen MR) is 57.5 cm³/mol. The average Bonchev–Trinajstić information content (AvgIpc) is 2.63. The van der Waals surface area contributed by atoms with Crippen LogP contribution in [0.2, 0.25) is 0 Å². The summed E-state index contributed by atoms with van der Waals surface area (Å²) in [6.45, 7) is 3.27. The number of aromatic carboxylic acids is 1. The van der Waals surface area contributed by atoms with E-state index in [-0.39, 0.29) is 5.69 Å². The Kier molecular flexibility index (Phi) is 4.91. The first-order valence-corrected chi connectivity index (χ1v) is 5.35. The van der Waals surface area contributed by atoms with Crippen LogP contribution in [-0.2, 0) is 17.7 Å². The second kappa shape index (κ2) is 6.22. The molecule has 0 bridgehead atoms. The number of aromatic nitrogens is 3. The lowest BCUT2D eigenvalue weighted by Crippen LogP contribution is -2.09. The Balaban J connectivity index is 2.78. The van der Waals surface area contributed by atoms with Crippen LogP contribution < -0.4 is 0 Å². The van der Waals surface area contributed by atoms with Crippen molar-refractivity contribution >= 4 is 5.97 Å². The molecule has 0 radical (unpaired) electrons. The highest BCUT2D eigenvalue weighted by Crippen LogP contribution is 2.09. The van der Waals surface area contributed by atoms with Crippen molar-refractivity contribution < 1.29 is 14.6 Å². The third kappa shape index (κ3) is 3.03. The Hall–Kier alpha value is -1.43. The molecule has 1 aromatic rings. The molecule has 0 saturated heterocycles. The van der Waals surface area contributed by atoms with Crippen molar-refractivity contribution in [2.75, 3.05) is 13.7 Å². The van der Waals surface area contributed by atoms with Gasteiger partial charge < -0.3 is 9.84 Å². The van der Waals surface area contributed by atoms with E-state index in [1.165, 1.54) is 0 Å². The first kappa shape index (κ1) is 12.6. The van der Waals surface area contributed by atoms with E-state index < -0.39 is 5.97 Å². The maximum atomic E-state index is 10.9. The fraction of sp³-hybridized carbons (Fsp3) is 0.700. The monoisotopic (exact) mass is 227 g/mol. The van der Waals surface area contributed by atoms with Crippen molar-refractivity contribution in [1.82, 2.24) is 15.0 Å². The molecular formula is C10H17N3O3. The van der Waals surface area contributed by atoms with Gasteiger partial charge in [0.25, 0.3) is 0 Å². The van der Waals surface area contributed by atoms with Crippen LogP contribution in [0.5, 0.6) is 0 Å². The number of carbonyl (C=O) groups is 1. The van der Waals surface area contributed by atoms with Crippen LogP contribution in [0.3, 0.4) is 0 Å². The number of hydrogen-bond acceptors (Lipinski definition) is 4. The first-order chi connectivity index (χ1) is 7.70. The summed E-state index contributed by atoms with van der Waals surface area (Å²) in [5.74, 6) is -1.01. The summed E-state index contributed by atoms with van der Waals surface area (Å²) < 4.78 is 6.60. The Morgan fingerprint density at radius 1 is 1.56 bits per heavy atom. The maximum Gasteiger partial charge on any atom is 0.358 e. The van der Waals surface area contributed by atoms with Gasteiger partial charge in [-0.15, -0.1) is 5.10 Å². The molecule has 16 heavy (non-hydrogen) atoms. The molecule has 1 N–H and O–H groups in total. The molecule has 0 unspecified atom stereocenters. The molecule has 0 saturated carbocycles. The average molecular weight is 227 g/mol. The zero-order valence-corrected chi connectivity index (χ0v) is 9.64. The first-order valence-electron chi connectivity index (χ1n) is 5.35. The van der Waals surface area contributed by atoms with Crippen molar-refractivity contribution in [3.63, 3.8) is 0 Å². The zero-order chi connectivity index (χ0) is 12.0. The van der Waals surface area contributed by atoms with Gasteiger partial charge in [-0.05, 0) is 12.8 Å². The molecule has 0 aliphatic rings.